The van der Waals surface area contributed by atoms with Gasteiger partial charge in [-0.05, 0) is 50.4 Å². The van der Waals surface area contributed by atoms with Crippen molar-refractivity contribution in [2.75, 3.05) is 53.0 Å². The highest BCUT2D eigenvalue weighted by molar-refractivity contribution is 8.00. The number of carbonyl (C=O) groups excluding carboxylic acids is 2. The number of nitriles is 1. The van der Waals surface area contributed by atoms with Crippen molar-refractivity contribution in [1.82, 2.24) is 24.6 Å². The van der Waals surface area contributed by atoms with Gasteiger partial charge in [0.1, 0.15) is 36.7 Å². The third kappa shape index (κ3) is 11.3. The lowest BCUT2D eigenvalue weighted by Gasteiger charge is -2.40. The molecule has 2 saturated heterocycles. The molecule has 4 aromatic rings. The minimum absolute atomic E-state index is 0.0666. The number of piperazine rings is 1. The van der Waals surface area contributed by atoms with Crippen LogP contribution in [0.2, 0.25) is 0 Å². The first kappa shape index (κ1) is 43.8. The van der Waals surface area contributed by atoms with Gasteiger partial charge in [0.15, 0.2) is 17.6 Å². The maximum absolute atomic E-state index is 16.1. The highest BCUT2D eigenvalue weighted by Gasteiger charge is 2.47. The van der Waals surface area contributed by atoms with Crippen molar-refractivity contribution in [2.24, 2.45) is 0 Å². The van der Waals surface area contributed by atoms with Crippen LogP contribution in [-0.4, -0.2) is 106 Å². The molecule has 60 heavy (non-hydrogen) atoms. The van der Waals surface area contributed by atoms with Crippen LogP contribution in [0.3, 0.4) is 0 Å². The van der Waals surface area contributed by atoms with E-state index in [0.29, 0.717) is 24.7 Å². The Balaban J connectivity index is 1.22. The molecule has 3 heterocycles. The molecule has 312 valence electrons. The van der Waals surface area contributed by atoms with Crippen LogP contribution in [0.5, 0.6) is 0 Å². The average Bonchev–Trinajstić information content (AvgIpc) is 3.76. The molecule has 6 rings (SSSR count). The van der Waals surface area contributed by atoms with E-state index < -0.39 is 46.5 Å². The predicted molar refractivity (Wildman–Crippen MR) is 216 cm³/mol. The summed E-state index contributed by atoms with van der Waals surface area (Å²) in [5.74, 6) is -3.78. The highest BCUT2D eigenvalue weighted by atomic mass is 32.2. The van der Waals surface area contributed by atoms with Gasteiger partial charge in [-0.3, -0.25) is 9.69 Å². The lowest BCUT2D eigenvalue weighted by Crippen LogP contribution is -2.47. The minimum atomic E-state index is -1.88. The second kappa shape index (κ2) is 20.4. The molecule has 0 unspecified atom stereocenters. The van der Waals surface area contributed by atoms with Crippen molar-refractivity contribution in [2.45, 2.75) is 42.5 Å². The Morgan fingerprint density at radius 1 is 1.07 bits per heavy atom. The summed E-state index contributed by atoms with van der Waals surface area (Å²) in [6.45, 7) is 12.2. The Labute approximate surface area is 349 Å². The summed E-state index contributed by atoms with van der Waals surface area (Å²) in [7, 11) is 2.01. The quantitative estimate of drug-likeness (QED) is 0.0756. The first-order valence-corrected chi connectivity index (χ1v) is 19.9. The van der Waals surface area contributed by atoms with E-state index in [0.717, 1.165) is 25.2 Å². The van der Waals surface area contributed by atoms with Gasteiger partial charge in [-0.2, -0.15) is 10.4 Å². The zero-order valence-electron chi connectivity index (χ0n) is 32.9. The van der Waals surface area contributed by atoms with Gasteiger partial charge in [-0.1, -0.05) is 36.4 Å². The van der Waals surface area contributed by atoms with Gasteiger partial charge in [-0.15, -0.1) is 11.8 Å². The number of thioether (sulfide) groups is 1. The number of esters is 2. The molecule has 2 aliphatic heterocycles. The fourth-order valence-corrected chi connectivity index (χ4v) is 8.05. The zero-order chi connectivity index (χ0) is 42.6. The molecule has 0 amide bonds. The molecule has 17 heteroatoms. The topological polar surface area (TPSA) is 136 Å². The first-order valence-electron chi connectivity index (χ1n) is 19.0. The van der Waals surface area contributed by atoms with Gasteiger partial charge in [-0.25, -0.2) is 32.5 Å². The van der Waals surface area contributed by atoms with Crippen molar-refractivity contribution in [3.05, 3.63) is 142 Å². The van der Waals surface area contributed by atoms with Crippen LogP contribution >= 0.6 is 11.8 Å². The number of ether oxygens (including phenoxy) is 4. The van der Waals surface area contributed by atoms with E-state index in [4.69, 9.17) is 30.8 Å². The summed E-state index contributed by atoms with van der Waals surface area (Å²) < 4.78 is 70.0. The Hall–Kier alpha value is -5.82. The predicted octanol–water partition coefficient (Wildman–Crippen LogP) is 6.29. The molecule has 2 atom stereocenters. The van der Waals surface area contributed by atoms with Gasteiger partial charge < -0.3 is 23.8 Å². The molecule has 0 saturated carbocycles. The number of halogens is 3. The van der Waals surface area contributed by atoms with Crippen LogP contribution in [0.1, 0.15) is 39.5 Å². The zero-order valence-corrected chi connectivity index (χ0v) is 33.7. The summed E-state index contributed by atoms with van der Waals surface area (Å²) in [6.07, 6.45) is 8.36. The SMILES string of the molecule is [C-]#[N+]c1ccc(COC(=O)CN2CCN(C)CC2)c(C(=O)O[C@@](Cn2cncn2)(c2ccc(F)cc2F)[C@@H](C)SC2COC(C=CC=Cc3ccc(C#N)cc3F)OC2)c1. The van der Waals surface area contributed by atoms with Crippen molar-refractivity contribution in [3.8, 4) is 6.07 Å². The molecule has 2 aliphatic rings. The molecular formula is C43H42F3N7O6S. The fourth-order valence-electron chi connectivity index (χ4n) is 6.69. The number of likely N-dealkylation sites (N-methyl/N-ethyl adjacent to an activating group) is 1. The number of aromatic nitrogens is 3. The monoisotopic (exact) mass is 841 g/mol. The molecule has 3 aromatic carbocycles. The number of hydrogen-bond donors (Lipinski definition) is 0. The molecule has 13 nitrogen and oxygen atoms in total. The minimum Gasteiger partial charge on any atom is -0.460 e. The van der Waals surface area contributed by atoms with Gasteiger partial charge in [0.05, 0.1) is 55.3 Å². The molecule has 0 radical (unpaired) electrons. The highest BCUT2D eigenvalue weighted by Crippen LogP contribution is 2.43. The van der Waals surface area contributed by atoms with E-state index in [9.17, 15) is 18.4 Å². The van der Waals surface area contributed by atoms with Crippen LogP contribution in [0.4, 0.5) is 18.9 Å². The summed E-state index contributed by atoms with van der Waals surface area (Å²) in [4.78, 5) is 39.0. The number of allylic oxidation sites excluding steroid dienone is 2. The van der Waals surface area contributed by atoms with Gasteiger partial charge in [0.2, 0.25) is 0 Å². The maximum Gasteiger partial charge on any atom is 0.338 e. The van der Waals surface area contributed by atoms with Crippen LogP contribution in [0, 0.1) is 35.4 Å². The molecule has 1 aromatic heterocycles. The van der Waals surface area contributed by atoms with Gasteiger partial charge in [0.25, 0.3) is 0 Å². The van der Waals surface area contributed by atoms with E-state index in [1.54, 1.807) is 31.2 Å². The first-order chi connectivity index (χ1) is 29.0. The van der Waals surface area contributed by atoms with Crippen LogP contribution < -0.4 is 0 Å². The van der Waals surface area contributed by atoms with Crippen molar-refractivity contribution >= 4 is 35.5 Å². The maximum atomic E-state index is 16.1. The van der Waals surface area contributed by atoms with E-state index >= 15 is 4.39 Å². The number of carbonyl (C=O) groups is 2. The number of benzene rings is 3. The Morgan fingerprint density at radius 2 is 1.85 bits per heavy atom. The Kier molecular flexibility index (Phi) is 14.9. The normalized spacial score (nSPS) is 19.1. The molecule has 0 aliphatic carbocycles. The van der Waals surface area contributed by atoms with Crippen molar-refractivity contribution in [3.63, 3.8) is 0 Å². The summed E-state index contributed by atoms with van der Waals surface area (Å²) >= 11 is 1.29. The molecule has 2 fully saturated rings. The third-order valence-corrected chi connectivity index (χ3v) is 11.5. The van der Waals surface area contributed by atoms with Crippen LogP contribution in [0.15, 0.2) is 85.5 Å². The standard InChI is InChI=1S/C43H42F3N7O6S/c1-29(60-35-24-57-41(58-25-35)7-5-4-6-31-9-8-30(21-47)18-38(31)45)43(26-53-28-49-27-50-53,37-13-11-33(44)19-39(37)46)59-42(55)36-20-34(48-2)12-10-32(36)23-56-40(54)22-52-16-14-51(3)15-17-52/h4-13,18-20,27-29,35,41H,14-17,22-26H2,1,3H3/t29-,35?,41?,43-/m1/s1. The fraction of sp³-hybridized carbons (Fsp3) is 0.349. The number of hydrogen-bond acceptors (Lipinski definition) is 12. The van der Waals surface area contributed by atoms with Gasteiger partial charge >= 0.3 is 11.9 Å². The third-order valence-electron chi connectivity index (χ3n) is 10.0. The average molecular weight is 842 g/mol. The van der Waals surface area contributed by atoms with E-state index in [1.807, 2.05) is 18.0 Å². The molecule has 0 bridgehead atoms. The lowest BCUT2D eigenvalue weighted by atomic mass is 9.89. The Bertz CT molecular complexity index is 2280. The lowest BCUT2D eigenvalue weighted by molar-refractivity contribution is -0.147. The number of nitrogens with zero attached hydrogens (tertiary/aromatic N) is 7. The molecule has 0 spiro atoms. The Morgan fingerprint density at radius 3 is 2.53 bits per heavy atom. The molecular weight excluding hydrogens is 800 g/mol. The van der Waals surface area contributed by atoms with Crippen LogP contribution in [-0.2, 0) is 42.5 Å². The molecule has 0 N–H and O–H groups in total. The largest absolute Gasteiger partial charge is 0.460 e. The summed E-state index contributed by atoms with van der Waals surface area (Å²) in [5.41, 5.74) is -1.19. The summed E-state index contributed by atoms with van der Waals surface area (Å²) in [5, 5.41) is 12.0. The van der Waals surface area contributed by atoms with E-state index in [2.05, 4.69) is 19.8 Å². The van der Waals surface area contributed by atoms with E-state index in [1.165, 1.54) is 65.5 Å². The second-order valence-electron chi connectivity index (χ2n) is 14.2. The summed E-state index contributed by atoms with van der Waals surface area (Å²) in [6, 6.07) is 13.4. The van der Waals surface area contributed by atoms with E-state index in [-0.39, 0.29) is 66.1 Å². The second-order valence-corrected chi connectivity index (χ2v) is 15.9. The van der Waals surface area contributed by atoms with Crippen molar-refractivity contribution in [1.29, 1.82) is 5.26 Å². The smallest absolute Gasteiger partial charge is 0.338 e. The van der Waals surface area contributed by atoms with Crippen molar-refractivity contribution < 1.29 is 41.7 Å². The van der Waals surface area contributed by atoms with Gasteiger partial charge in [0, 0.05) is 54.2 Å². The van der Waals surface area contributed by atoms with Crippen LogP contribution in [0.25, 0.3) is 10.9 Å². The number of rotatable bonds is 15.